The van der Waals surface area contributed by atoms with Crippen LogP contribution in [-0.4, -0.2) is 11.8 Å². The third-order valence-electron chi connectivity index (χ3n) is 3.31. The Bertz CT molecular complexity index is 451. The highest BCUT2D eigenvalue weighted by Gasteiger charge is 2.22. The Morgan fingerprint density at radius 3 is 2.56 bits per heavy atom. The van der Waals surface area contributed by atoms with Gasteiger partial charge in [-0.3, -0.25) is 20.4 Å². The van der Waals surface area contributed by atoms with Crippen LogP contribution in [0.2, 0.25) is 0 Å². The predicted octanol–water partition coefficient (Wildman–Crippen LogP) is 1.95. The Balaban J connectivity index is 1.86. The lowest BCUT2D eigenvalue weighted by molar-refractivity contribution is -0.125. The van der Waals surface area contributed by atoms with Crippen molar-refractivity contribution < 1.29 is 9.59 Å². The molecule has 2 N–H and O–H groups in total. The molecule has 1 aliphatic carbocycles. The fourth-order valence-corrected chi connectivity index (χ4v) is 2.27. The molecule has 1 aliphatic rings. The first kappa shape index (κ1) is 12.6. The number of carbonyl (C=O) groups is 2. The van der Waals surface area contributed by atoms with E-state index >= 15 is 0 Å². The molecule has 0 saturated heterocycles. The molecule has 0 atom stereocenters. The summed E-state index contributed by atoms with van der Waals surface area (Å²) in [6.45, 7) is 1.92. The summed E-state index contributed by atoms with van der Waals surface area (Å²) in [5, 5.41) is 0. The summed E-state index contributed by atoms with van der Waals surface area (Å²) in [5.41, 5.74) is 6.54. The summed E-state index contributed by atoms with van der Waals surface area (Å²) in [7, 11) is 0. The highest BCUT2D eigenvalue weighted by Crippen LogP contribution is 2.24. The molecule has 1 aromatic rings. The lowest BCUT2D eigenvalue weighted by Crippen LogP contribution is -2.44. The number of hydrogen-bond donors (Lipinski definition) is 2. The minimum Gasteiger partial charge on any atom is -0.273 e. The quantitative estimate of drug-likeness (QED) is 0.783. The molecule has 2 rings (SSSR count). The van der Waals surface area contributed by atoms with E-state index in [2.05, 4.69) is 10.9 Å². The fraction of sp³-hybridized carbons (Fsp3) is 0.429. The first-order valence-corrected chi connectivity index (χ1v) is 6.33. The normalized spacial score (nSPS) is 15.4. The average molecular weight is 246 g/mol. The maximum absolute atomic E-state index is 11.8. The molecule has 18 heavy (non-hydrogen) atoms. The summed E-state index contributed by atoms with van der Waals surface area (Å²) in [6.07, 6.45) is 4.05. The van der Waals surface area contributed by atoms with Gasteiger partial charge in [0.1, 0.15) is 0 Å². The Morgan fingerprint density at radius 1 is 1.17 bits per heavy atom. The maximum Gasteiger partial charge on any atom is 0.269 e. The molecule has 0 unspecified atom stereocenters. The molecule has 0 aliphatic heterocycles. The fourth-order valence-electron chi connectivity index (χ4n) is 2.27. The third-order valence-corrected chi connectivity index (χ3v) is 3.31. The van der Waals surface area contributed by atoms with Crippen LogP contribution >= 0.6 is 0 Å². The van der Waals surface area contributed by atoms with Gasteiger partial charge in [-0.25, -0.2) is 0 Å². The Morgan fingerprint density at radius 2 is 1.89 bits per heavy atom. The Labute approximate surface area is 107 Å². The first-order chi connectivity index (χ1) is 8.66. The Hall–Kier alpha value is -1.84. The molecular formula is C14H18N2O2. The summed E-state index contributed by atoms with van der Waals surface area (Å²) < 4.78 is 0. The molecule has 0 bridgehead atoms. The van der Waals surface area contributed by atoms with E-state index in [1.165, 1.54) is 0 Å². The van der Waals surface area contributed by atoms with E-state index in [9.17, 15) is 9.59 Å². The van der Waals surface area contributed by atoms with Crippen molar-refractivity contribution in [1.29, 1.82) is 0 Å². The molecule has 0 radical (unpaired) electrons. The maximum atomic E-state index is 11.8. The lowest BCUT2D eigenvalue weighted by Gasteiger charge is -2.11. The van der Waals surface area contributed by atoms with Crippen LogP contribution in [0.3, 0.4) is 0 Å². The smallest absolute Gasteiger partial charge is 0.269 e. The van der Waals surface area contributed by atoms with Gasteiger partial charge in [0.25, 0.3) is 5.91 Å². The van der Waals surface area contributed by atoms with Crippen molar-refractivity contribution in [3.05, 3.63) is 35.4 Å². The number of benzene rings is 1. The highest BCUT2D eigenvalue weighted by molar-refractivity contribution is 5.95. The Kier molecular flexibility index (Phi) is 3.97. The van der Waals surface area contributed by atoms with Crippen molar-refractivity contribution in [3.8, 4) is 0 Å². The zero-order chi connectivity index (χ0) is 13.0. The van der Waals surface area contributed by atoms with Crippen LogP contribution < -0.4 is 10.9 Å². The van der Waals surface area contributed by atoms with Gasteiger partial charge in [-0.15, -0.1) is 0 Å². The van der Waals surface area contributed by atoms with Gasteiger partial charge in [0.15, 0.2) is 0 Å². The van der Waals surface area contributed by atoms with Crippen LogP contribution in [0.15, 0.2) is 24.3 Å². The van der Waals surface area contributed by atoms with E-state index in [0.29, 0.717) is 5.56 Å². The summed E-state index contributed by atoms with van der Waals surface area (Å²) in [5.74, 6) is -0.290. The molecule has 4 nitrogen and oxygen atoms in total. The molecular weight excluding hydrogens is 228 g/mol. The van der Waals surface area contributed by atoms with Crippen molar-refractivity contribution in [2.45, 2.75) is 32.6 Å². The van der Waals surface area contributed by atoms with Gasteiger partial charge in [-0.1, -0.05) is 30.5 Å². The molecule has 96 valence electrons. The van der Waals surface area contributed by atoms with Crippen molar-refractivity contribution in [2.24, 2.45) is 5.92 Å². The van der Waals surface area contributed by atoms with E-state index < -0.39 is 0 Å². The second-order valence-electron chi connectivity index (χ2n) is 4.79. The van der Waals surface area contributed by atoms with Crippen molar-refractivity contribution >= 4 is 11.8 Å². The number of aryl methyl sites for hydroxylation is 1. The van der Waals surface area contributed by atoms with Gasteiger partial charge < -0.3 is 0 Å². The zero-order valence-corrected chi connectivity index (χ0v) is 10.5. The second-order valence-corrected chi connectivity index (χ2v) is 4.79. The van der Waals surface area contributed by atoms with Crippen LogP contribution in [0.4, 0.5) is 0 Å². The SMILES string of the molecule is Cc1cccc(C(=O)NNC(=O)C2CCCC2)c1. The molecule has 0 spiro atoms. The van der Waals surface area contributed by atoms with Gasteiger partial charge in [-0.2, -0.15) is 0 Å². The third kappa shape index (κ3) is 3.09. The van der Waals surface area contributed by atoms with Crippen LogP contribution in [-0.2, 0) is 4.79 Å². The largest absolute Gasteiger partial charge is 0.273 e. The molecule has 1 fully saturated rings. The van der Waals surface area contributed by atoms with Crippen molar-refractivity contribution in [2.75, 3.05) is 0 Å². The minimum absolute atomic E-state index is 0.0582. The molecule has 0 aromatic heterocycles. The van der Waals surface area contributed by atoms with E-state index in [1.807, 2.05) is 19.1 Å². The van der Waals surface area contributed by atoms with Crippen LogP contribution in [0, 0.1) is 12.8 Å². The summed E-state index contributed by atoms with van der Waals surface area (Å²) in [6, 6.07) is 7.26. The monoisotopic (exact) mass is 246 g/mol. The predicted molar refractivity (Wildman–Crippen MR) is 68.7 cm³/mol. The van der Waals surface area contributed by atoms with Gasteiger partial charge in [0.2, 0.25) is 5.91 Å². The number of nitrogens with one attached hydrogen (secondary N) is 2. The van der Waals surface area contributed by atoms with E-state index in [0.717, 1.165) is 31.2 Å². The highest BCUT2D eigenvalue weighted by atomic mass is 16.2. The lowest BCUT2D eigenvalue weighted by atomic mass is 10.1. The van der Waals surface area contributed by atoms with Gasteiger partial charge >= 0.3 is 0 Å². The molecule has 1 saturated carbocycles. The van der Waals surface area contributed by atoms with Crippen LogP contribution in [0.1, 0.15) is 41.6 Å². The standard InChI is InChI=1S/C14H18N2O2/c1-10-5-4-8-12(9-10)14(18)16-15-13(17)11-6-2-3-7-11/h4-5,8-9,11H,2-3,6-7H2,1H3,(H,15,17)(H,16,18). The van der Waals surface area contributed by atoms with Crippen LogP contribution in [0.5, 0.6) is 0 Å². The second kappa shape index (κ2) is 5.67. The molecule has 4 heteroatoms. The number of hydrogen-bond acceptors (Lipinski definition) is 2. The number of amides is 2. The molecule has 2 amide bonds. The summed E-state index contributed by atoms with van der Waals surface area (Å²) in [4.78, 5) is 23.5. The zero-order valence-electron chi connectivity index (χ0n) is 10.5. The topological polar surface area (TPSA) is 58.2 Å². The van der Waals surface area contributed by atoms with Gasteiger partial charge in [0, 0.05) is 11.5 Å². The molecule has 1 aromatic carbocycles. The number of rotatable bonds is 2. The van der Waals surface area contributed by atoms with Crippen molar-refractivity contribution in [1.82, 2.24) is 10.9 Å². The van der Waals surface area contributed by atoms with Crippen LogP contribution in [0.25, 0.3) is 0 Å². The van der Waals surface area contributed by atoms with E-state index in [-0.39, 0.29) is 17.7 Å². The number of hydrazine groups is 1. The minimum atomic E-state index is -0.273. The summed E-state index contributed by atoms with van der Waals surface area (Å²) >= 11 is 0. The van der Waals surface area contributed by atoms with E-state index in [4.69, 9.17) is 0 Å². The number of carbonyl (C=O) groups excluding carboxylic acids is 2. The first-order valence-electron chi connectivity index (χ1n) is 6.33. The van der Waals surface area contributed by atoms with Crippen molar-refractivity contribution in [3.63, 3.8) is 0 Å². The van der Waals surface area contributed by atoms with Gasteiger partial charge in [0.05, 0.1) is 0 Å². The van der Waals surface area contributed by atoms with E-state index in [1.54, 1.807) is 12.1 Å². The average Bonchev–Trinajstić information content (AvgIpc) is 2.89. The van der Waals surface area contributed by atoms with Gasteiger partial charge in [-0.05, 0) is 31.9 Å². The molecule has 0 heterocycles.